The zero-order chi connectivity index (χ0) is 28.6. The van der Waals surface area contributed by atoms with Crippen LogP contribution in [0.5, 0.6) is 0 Å². The first kappa shape index (κ1) is 28.6. The number of aliphatic hydroxyl groups excluding tert-OH is 1. The molecule has 1 aromatic carbocycles. The number of nitrogens with zero attached hydrogens (tertiary/aromatic N) is 3. The number of carbonyl (C=O) groups is 3. The minimum atomic E-state index is -0.612. The third kappa shape index (κ3) is 5.01. The molecule has 210 valence electrons. The molecule has 0 bridgehead atoms. The number of amides is 2. The molecule has 0 spiro atoms. The fourth-order valence-corrected chi connectivity index (χ4v) is 5.71. The second-order valence-electron chi connectivity index (χ2n) is 11.5. The van der Waals surface area contributed by atoms with E-state index in [0.29, 0.717) is 29.3 Å². The largest absolute Gasteiger partial charge is 0.506 e. The number of hydrazone groups is 1. The summed E-state index contributed by atoms with van der Waals surface area (Å²) in [6, 6.07) is 5.44. The topological polar surface area (TPSA) is 102 Å². The van der Waals surface area contributed by atoms with Crippen LogP contribution in [0.25, 0.3) is 5.57 Å². The molecule has 0 aromatic heterocycles. The van der Waals surface area contributed by atoms with Crippen LogP contribution < -0.4 is 10.2 Å². The van der Waals surface area contributed by atoms with Gasteiger partial charge in [0.25, 0.3) is 5.91 Å². The van der Waals surface area contributed by atoms with Gasteiger partial charge in [0.05, 0.1) is 34.2 Å². The number of ketones is 1. The Bertz CT molecular complexity index is 1280. The van der Waals surface area contributed by atoms with Gasteiger partial charge in [-0.15, -0.1) is 0 Å². The maximum absolute atomic E-state index is 13.6. The minimum absolute atomic E-state index is 0.0105. The molecule has 1 aromatic rings. The van der Waals surface area contributed by atoms with Gasteiger partial charge in [-0.05, 0) is 71.1 Å². The number of anilines is 2. The number of rotatable bonds is 9. The molecule has 2 N–H and O–H groups in total. The highest BCUT2D eigenvalue weighted by atomic mass is 16.3. The summed E-state index contributed by atoms with van der Waals surface area (Å²) < 4.78 is 0. The number of carbonyl (C=O) groups excluding carboxylic acids is 3. The summed E-state index contributed by atoms with van der Waals surface area (Å²) in [5, 5.41) is 20.2. The number of hydrogen-bond donors (Lipinski definition) is 2. The molecule has 1 unspecified atom stereocenters. The van der Waals surface area contributed by atoms with Crippen LogP contribution in [-0.4, -0.2) is 52.6 Å². The molecule has 1 saturated carbocycles. The molecule has 2 aliphatic carbocycles. The van der Waals surface area contributed by atoms with Gasteiger partial charge in [0.2, 0.25) is 11.7 Å². The average molecular weight is 535 g/mol. The standard InChI is InChI=1S/C31H42N4O4/c1-8-31(6,7)30(39)32-23-17-21(34(9-2)10-3)15-16-22(23)25-27(36)26(28(25)37)24-18(4)33-35(29(24)38)19(5)20-13-11-12-14-20/h15-17,19-20,36H,8-14H2,1-7H3,(H,32,39)/b26-24+. The summed E-state index contributed by atoms with van der Waals surface area (Å²) in [7, 11) is 0. The van der Waals surface area contributed by atoms with E-state index in [-0.39, 0.29) is 40.3 Å². The quantitative estimate of drug-likeness (QED) is 0.387. The molecule has 1 fully saturated rings. The minimum Gasteiger partial charge on any atom is -0.506 e. The third-order valence-electron chi connectivity index (χ3n) is 8.83. The predicted octanol–water partition coefficient (Wildman–Crippen LogP) is 5.85. The van der Waals surface area contributed by atoms with E-state index in [9.17, 15) is 19.5 Å². The van der Waals surface area contributed by atoms with Gasteiger partial charge in [-0.1, -0.05) is 33.6 Å². The van der Waals surface area contributed by atoms with Crippen molar-refractivity contribution in [2.45, 2.75) is 86.6 Å². The lowest BCUT2D eigenvalue weighted by Crippen LogP contribution is -2.37. The van der Waals surface area contributed by atoms with Crippen molar-refractivity contribution in [1.82, 2.24) is 5.01 Å². The van der Waals surface area contributed by atoms with Crippen molar-refractivity contribution in [3.8, 4) is 0 Å². The van der Waals surface area contributed by atoms with E-state index in [1.165, 1.54) is 5.01 Å². The first-order valence-electron chi connectivity index (χ1n) is 14.3. The van der Waals surface area contributed by atoms with Crippen LogP contribution in [0.3, 0.4) is 0 Å². The van der Waals surface area contributed by atoms with Crippen molar-refractivity contribution < 1.29 is 19.5 Å². The summed E-state index contributed by atoms with van der Waals surface area (Å²) in [6.45, 7) is 15.1. The molecule has 4 rings (SSSR count). The summed E-state index contributed by atoms with van der Waals surface area (Å²) >= 11 is 0. The molecule has 0 saturated heterocycles. The number of hydrogen-bond acceptors (Lipinski definition) is 6. The summed E-state index contributed by atoms with van der Waals surface area (Å²) in [5.74, 6) is -0.764. The van der Waals surface area contributed by atoms with E-state index in [4.69, 9.17) is 0 Å². The molecule has 2 amide bonds. The molecule has 1 aliphatic heterocycles. The van der Waals surface area contributed by atoms with Gasteiger partial charge in [0.1, 0.15) is 5.76 Å². The van der Waals surface area contributed by atoms with Crippen molar-refractivity contribution in [2.75, 3.05) is 23.3 Å². The molecule has 8 nitrogen and oxygen atoms in total. The highest BCUT2D eigenvalue weighted by Gasteiger charge is 2.45. The number of aliphatic hydroxyl groups is 1. The summed E-state index contributed by atoms with van der Waals surface area (Å²) in [5.41, 5.74) is 1.92. The SMILES string of the molecule is CCN(CC)c1ccc(C2=C(O)/C(=C3\C(=O)N(C(C)C4CCCC4)N=C3C)C2=O)c(NC(=O)C(C)(C)CC)c1. The summed E-state index contributed by atoms with van der Waals surface area (Å²) in [6.07, 6.45) is 5.07. The Hall–Kier alpha value is -3.42. The zero-order valence-electron chi connectivity index (χ0n) is 24.4. The predicted molar refractivity (Wildman–Crippen MR) is 156 cm³/mol. The molecular weight excluding hydrogens is 492 g/mol. The first-order valence-corrected chi connectivity index (χ1v) is 14.3. The molecule has 3 aliphatic rings. The van der Waals surface area contributed by atoms with Crippen molar-refractivity contribution in [1.29, 1.82) is 0 Å². The Labute approximate surface area is 231 Å². The van der Waals surface area contributed by atoms with E-state index in [0.717, 1.165) is 44.5 Å². The van der Waals surface area contributed by atoms with Gasteiger partial charge < -0.3 is 15.3 Å². The van der Waals surface area contributed by atoms with E-state index in [2.05, 4.69) is 29.2 Å². The Kier molecular flexibility index (Phi) is 8.05. The van der Waals surface area contributed by atoms with Crippen molar-refractivity contribution in [2.24, 2.45) is 16.4 Å². The van der Waals surface area contributed by atoms with Gasteiger partial charge in [0, 0.05) is 29.8 Å². The Morgan fingerprint density at radius 3 is 2.33 bits per heavy atom. The van der Waals surface area contributed by atoms with Crippen LogP contribution in [0, 0.1) is 11.3 Å². The number of benzene rings is 1. The molecule has 0 radical (unpaired) electrons. The number of Topliss-reactive ketones (excluding diaryl/α,β-unsaturated/α-hetero) is 1. The van der Waals surface area contributed by atoms with Crippen molar-refractivity contribution in [3.05, 3.63) is 40.7 Å². The second-order valence-corrected chi connectivity index (χ2v) is 11.5. The van der Waals surface area contributed by atoms with Crippen LogP contribution in [-0.2, 0) is 14.4 Å². The van der Waals surface area contributed by atoms with Crippen LogP contribution in [0.2, 0.25) is 0 Å². The summed E-state index contributed by atoms with van der Waals surface area (Å²) in [4.78, 5) is 42.3. The van der Waals surface area contributed by atoms with E-state index in [1.54, 1.807) is 13.0 Å². The van der Waals surface area contributed by atoms with E-state index >= 15 is 0 Å². The van der Waals surface area contributed by atoms with Gasteiger partial charge >= 0.3 is 0 Å². The van der Waals surface area contributed by atoms with Crippen LogP contribution >= 0.6 is 0 Å². The van der Waals surface area contributed by atoms with Crippen molar-refractivity contribution in [3.63, 3.8) is 0 Å². The lowest BCUT2D eigenvalue weighted by atomic mass is 9.79. The monoisotopic (exact) mass is 534 g/mol. The number of nitrogens with one attached hydrogen (secondary N) is 1. The Balaban J connectivity index is 1.74. The maximum atomic E-state index is 13.6. The van der Waals surface area contributed by atoms with Crippen LogP contribution in [0.1, 0.15) is 86.1 Å². The highest BCUT2D eigenvalue weighted by molar-refractivity contribution is 6.44. The zero-order valence-corrected chi connectivity index (χ0v) is 24.4. The first-order chi connectivity index (χ1) is 18.5. The fourth-order valence-electron chi connectivity index (χ4n) is 5.71. The molecular formula is C31H42N4O4. The smallest absolute Gasteiger partial charge is 0.277 e. The molecule has 8 heteroatoms. The van der Waals surface area contributed by atoms with Gasteiger partial charge in [0.15, 0.2) is 0 Å². The molecule has 1 atom stereocenters. The van der Waals surface area contributed by atoms with Crippen LogP contribution in [0.4, 0.5) is 11.4 Å². The third-order valence-corrected chi connectivity index (χ3v) is 8.83. The molecule has 1 heterocycles. The highest BCUT2D eigenvalue weighted by Crippen LogP contribution is 2.44. The van der Waals surface area contributed by atoms with Gasteiger partial charge in [-0.3, -0.25) is 14.4 Å². The lowest BCUT2D eigenvalue weighted by molar-refractivity contribution is -0.129. The van der Waals surface area contributed by atoms with E-state index in [1.807, 2.05) is 39.8 Å². The van der Waals surface area contributed by atoms with Crippen LogP contribution in [0.15, 0.2) is 40.2 Å². The molecule has 39 heavy (non-hydrogen) atoms. The Morgan fingerprint density at radius 1 is 1.13 bits per heavy atom. The number of allylic oxidation sites excluding steroid dienone is 2. The second kappa shape index (κ2) is 11.0. The maximum Gasteiger partial charge on any atom is 0.277 e. The fraction of sp³-hybridized carbons (Fsp3) is 0.548. The average Bonchev–Trinajstić information content (AvgIpc) is 3.55. The van der Waals surface area contributed by atoms with E-state index < -0.39 is 11.2 Å². The lowest BCUT2D eigenvalue weighted by Gasteiger charge is -2.29. The van der Waals surface area contributed by atoms with Crippen molar-refractivity contribution >= 4 is 40.3 Å². The normalized spacial score (nSPS) is 20.9. The Morgan fingerprint density at radius 2 is 1.77 bits per heavy atom. The van der Waals surface area contributed by atoms with Gasteiger partial charge in [-0.2, -0.15) is 5.10 Å². The van der Waals surface area contributed by atoms with Gasteiger partial charge in [-0.25, -0.2) is 5.01 Å².